The van der Waals surface area contributed by atoms with E-state index in [1.807, 2.05) is 44.0 Å². The zero-order chi connectivity index (χ0) is 21.6. The predicted molar refractivity (Wildman–Crippen MR) is 115 cm³/mol. The zero-order valence-corrected chi connectivity index (χ0v) is 17.6. The molecule has 0 spiro atoms. The van der Waals surface area contributed by atoms with Gasteiger partial charge in [0, 0.05) is 35.3 Å². The molecular weight excluding hydrogens is 380 g/mol. The summed E-state index contributed by atoms with van der Waals surface area (Å²) in [6.45, 7) is 5.67. The lowest BCUT2D eigenvalue weighted by molar-refractivity contribution is 0.0212. The number of anilines is 1. The van der Waals surface area contributed by atoms with Crippen molar-refractivity contribution < 1.29 is 14.3 Å². The molecule has 2 bridgehead atoms. The van der Waals surface area contributed by atoms with Gasteiger partial charge in [-0.1, -0.05) is 12.1 Å². The predicted octanol–water partition coefficient (Wildman–Crippen LogP) is 3.69. The molecule has 3 unspecified atom stereocenters. The van der Waals surface area contributed by atoms with E-state index >= 15 is 0 Å². The van der Waals surface area contributed by atoms with Gasteiger partial charge in [0.25, 0.3) is 0 Å². The number of hydrogen-bond acceptors (Lipinski definition) is 5. The number of fused-ring (bicyclic) bond motifs is 2. The van der Waals surface area contributed by atoms with Crippen LogP contribution in [0.3, 0.4) is 0 Å². The van der Waals surface area contributed by atoms with Crippen LogP contribution in [-0.4, -0.2) is 39.6 Å². The van der Waals surface area contributed by atoms with Crippen LogP contribution in [0, 0.1) is 0 Å². The third-order valence-corrected chi connectivity index (χ3v) is 5.99. The number of hydrogen-bond donors (Lipinski definition) is 2. The van der Waals surface area contributed by atoms with Crippen molar-refractivity contribution in [3.8, 4) is 11.1 Å². The van der Waals surface area contributed by atoms with Gasteiger partial charge in [-0.05, 0) is 69.4 Å². The Bertz CT molecular complexity index is 981. The number of nitrogen functional groups attached to an aromatic ring is 1. The van der Waals surface area contributed by atoms with Crippen LogP contribution in [0.4, 0.5) is 10.6 Å². The number of amides is 2. The van der Waals surface area contributed by atoms with Crippen LogP contribution >= 0.6 is 0 Å². The molecule has 1 aromatic carbocycles. The molecule has 7 nitrogen and oxygen atoms in total. The highest BCUT2D eigenvalue weighted by Crippen LogP contribution is 2.48. The first kappa shape index (κ1) is 20.2. The van der Waals surface area contributed by atoms with E-state index in [0.29, 0.717) is 11.4 Å². The number of primary amides is 1. The van der Waals surface area contributed by atoms with E-state index in [0.717, 1.165) is 36.0 Å². The summed E-state index contributed by atoms with van der Waals surface area (Å²) in [4.78, 5) is 30.4. The van der Waals surface area contributed by atoms with Crippen molar-refractivity contribution in [1.29, 1.82) is 0 Å². The monoisotopic (exact) mass is 408 g/mol. The van der Waals surface area contributed by atoms with Crippen molar-refractivity contribution in [2.75, 3.05) is 5.73 Å². The molecule has 4 rings (SSSR count). The van der Waals surface area contributed by atoms with Gasteiger partial charge in [-0.25, -0.2) is 9.78 Å². The first-order valence-corrected chi connectivity index (χ1v) is 10.3. The van der Waals surface area contributed by atoms with Gasteiger partial charge in [-0.15, -0.1) is 0 Å². The van der Waals surface area contributed by atoms with E-state index < -0.39 is 11.5 Å². The number of ether oxygens (including phenoxy) is 1. The topological polar surface area (TPSA) is 112 Å². The summed E-state index contributed by atoms with van der Waals surface area (Å²) in [6.07, 6.45) is 4.44. The van der Waals surface area contributed by atoms with Gasteiger partial charge >= 0.3 is 6.09 Å². The van der Waals surface area contributed by atoms with Gasteiger partial charge in [-0.2, -0.15) is 0 Å². The fourth-order valence-electron chi connectivity index (χ4n) is 4.69. The van der Waals surface area contributed by atoms with Crippen molar-refractivity contribution in [2.24, 2.45) is 5.73 Å². The molecule has 2 saturated heterocycles. The Labute approximate surface area is 176 Å². The van der Waals surface area contributed by atoms with Crippen molar-refractivity contribution in [2.45, 2.75) is 63.6 Å². The first-order chi connectivity index (χ1) is 14.1. The van der Waals surface area contributed by atoms with E-state index in [1.54, 1.807) is 12.1 Å². The normalized spacial score (nSPS) is 22.9. The average Bonchev–Trinajstić information content (AvgIpc) is 3.25. The van der Waals surface area contributed by atoms with E-state index in [1.165, 1.54) is 0 Å². The van der Waals surface area contributed by atoms with Gasteiger partial charge in [0.05, 0.1) is 0 Å². The van der Waals surface area contributed by atoms with Crippen molar-refractivity contribution >= 4 is 17.8 Å². The summed E-state index contributed by atoms with van der Waals surface area (Å²) in [5.41, 5.74) is 14.2. The standard InChI is InChI=1S/C23H28N4O3/c1-23(2,3)30-22(29)27-16-8-9-19(27)17(11-16)15-10-18(20(24)26-12-15)13-4-6-14(7-5-13)21(25)28/h4-7,10,12,16-17,19H,8-9,11H2,1-3H3,(H2,24,26)(H2,25,28). The summed E-state index contributed by atoms with van der Waals surface area (Å²) in [6, 6.07) is 9.39. The molecule has 0 aliphatic carbocycles. The Hall–Kier alpha value is -3.09. The molecule has 2 aliphatic rings. The lowest BCUT2D eigenvalue weighted by Gasteiger charge is -2.28. The van der Waals surface area contributed by atoms with Gasteiger partial charge in [0.15, 0.2) is 0 Å². The summed E-state index contributed by atoms with van der Waals surface area (Å²) in [5.74, 6) is 0.163. The summed E-state index contributed by atoms with van der Waals surface area (Å²) in [5, 5.41) is 0. The van der Waals surface area contributed by atoms with Crippen LogP contribution in [0.15, 0.2) is 36.5 Å². The number of pyridine rings is 1. The molecule has 0 radical (unpaired) electrons. The van der Waals surface area contributed by atoms with Crippen LogP contribution in [0.25, 0.3) is 11.1 Å². The maximum atomic E-state index is 12.8. The van der Waals surface area contributed by atoms with E-state index in [9.17, 15) is 9.59 Å². The molecule has 2 amide bonds. The van der Waals surface area contributed by atoms with E-state index in [-0.39, 0.29) is 24.1 Å². The number of carbonyl (C=O) groups excluding carboxylic acids is 2. The number of nitrogens with zero attached hydrogens (tertiary/aromatic N) is 2. The van der Waals surface area contributed by atoms with Crippen LogP contribution in [0.2, 0.25) is 0 Å². The minimum Gasteiger partial charge on any atom is -0.444 e. The largest absolute Gasteiger partial charge is 0.444 e. The average molecular weight is 409 g/mol. The molecule has 3 heterocycles. The quantitative estimate of drug-likeness (QED) is 0.804. The molecule has 3 atom stereocenters. The second kappa shape index (κ2) is 7.31. The molecule has 7 heteroatoms. The number of benzene rings is 1. The minimum atomic E-state index is -0.512. The maximum Gasteiger partial charge on any atom is 0.410 e. The molecular formula is C23H28N4O3. The van der Waals surface area contributed by atoms with Crippen molar-refractivity contribution in [1.82, 2.24) is 9.88 Å². The molecule has 2 aromatic rings. The fourth-order valence-corrected chi connectivity index (χ4v) is 4.69. The SMILES string of the molecule is CC(C)(C)OC(=O)N1C2CCC1C(c1cnc(N)c(-c3ccc(C(N)=O)cc3)c1)C2. The lowest BCUT2D eigenvalue weighted by atomic mass is 9.84. The third-order valence-electron chi connectivity index (χ3n) is 5.99. The number of nitrogens with two attached hydrogens (primary N) is 2. The summed E-state index contributed by atoms with van der Waals surface area (Å²) < 4.78 is 5.64. The molecule has 1 aromatic heterocycles. The fraction of sp³-hybridized carbons (Fsp3) is 0.435. The maximum absolute atomic E-state index is 12.8. The summed E-state index contributed by atoms with van der Waals surface area (Å²) in [7, 11) is 0. The van der Waals surface area contributed by atoms with Gasteiger partial charge in [0.1, 0.15) is 11.4 Å². The highest BCUT2D eigenvalue weighted by atomic mass is 16.6. The van der Waals surface area contributed by atoms with Crippen molar-refractivity contribution in [3.63, 3.8) is 0 Å². The first-order valence-electron chi connectivity index (χ1n) is 10.3. The minimum absolute atomic E-state index is 0.111. The lowest BCUT2D eigenvalue weighted by Crippen LogP contribution is -2.40. The van der Waals surface area contributed by atoms with Gasteiger partial charge in [0.2, 0.25) is 5.91 Å². The van der Waals surface area contributed by atoms with Gasteiger partial charge < -0.3 is 21.1 Å². The van der Waals surface area contributed by atoms with Crippen LogP contribution < -0.4 is 11.5 Å². The Balaban J connectivity index is 1.60. The molecule has 0 saturated carbocycles. The molecule has 4 N–H and O–H groups in total. The van der Waals surface area contributed by atoms with E-state index in [4.69, 9.17) is 16.2 Å². The molecule has 2 fully saturated rings. The number of rotatable bonds is 3. The van der Waals surface area contributed by atoms with Crippen LogP contribution in [-0.2, 0) is 4.74 Å². The zero-order valence-electron chi connectivity index (χ0n) is 17.6. The highest BCUT2D eigenvalue weighted by molar-refractivity contribution is 5.93. The molecule has 158 valence electrons. The van der Waals surface area contributed by atoms with E-state index in [2.05, 4.69) is 11.1 Å². The Morgan fingerprint density at radius 1 is 1.17 bits per heavy atom. The second-order valence-electron chi connectivity index (χ2n) is 9.17. The Kier molecular flexibility index (Phi) is 4.92. The second-order valence-corrected chi connectivity index (χ2v) is 9.17. The number of carbonyl (C=O) groups is 2. The highest BCUT2D eigenvalue weighted by Gasteiger charge is 2.50. The van der Waals surface area contributed by atoms with Crippen LogP contribution in [0.1, 0.15) is 61.9 Å². The van der Waals surface area contributed by atoms with Gasteiger partial charge in [-0.3, -0.25) is 4.79 Å². The Morgan fingerprint density at radius 3 is 2.50 bits per heavy atom. The molecule has 30 heavy (non-hydrogen) atoms. The van der Waals surface area contributed by atoms with Crippen LogP contribution in [0.5, 0.6) is 0 Å². The number of aromatic nitrogens is 1. The smallest absolute Gasteiger partial charge is 0.410 e. The van der Waals surface area contributed by atoms with Crippen molar-refractivity contribution in [3.05, 3.63) is 47.7 Å². The molecule has 2 aliphatic heterocycles. The Morgan fingerprint density at radius 2 is 1.87 bits per heavy atom. The summed E-state index contributed by atoms with van der Waals surface area (Å²) >= 11 is 0. The third kappa shape index (κ3) is 3.72.